The van der Waals surface area contributed by atoms with Crippen LogP contribution in [-0.2, 0) is 15.7 Å². The van der Waals surface area contributed by atoms with Crippen molar-refractivity contribution in [3.8, 4) is 5.82 Å². The number of carbonyl (C=O) groups is 2. The van der Waals surface area contributed by atoms with Crippen LogP contribution in [0.15, 0.2) is 48.8 Å². The molecule has 3 heterocycles. The van der Waals surface area contributed by atoms with Crippen molar-refractivity contribution in [1.82, 2.24) is 19.7 Å². The molecule has 0 aliphatic carbocycles. The average Bonchev–Trinajstić information content (AvgIpc) is 3.23. The number of aromatic nitrogens is 3. The summed E-state index contributed by atoms with van der Waals surface area (Å²) in [5, 5.41) is 4.01. The van der Waals surface area contributed by atoms with E-state index < -0.39 is 24.3 Å². The van der Waals surface area contributed by atoms with E-state index in [0.717, 1.165) is 17.8 Å². The highest BCUT2D eigenvalue weighted by atomic mass is 19.4. The molecular formula is C23H21F4N5O3. The Balaban J connectivity index is 1.31. The standard InChI is InChI=1S/C23H21F4N5O3/c1-15-19(13-29-32(15)20-7-2-16(12-28-20)23(25,26)27)22(34)35-14-21(33)31-10-8-30(9-11-31)18-5-3-17(24)4-6-18/h2-7,12-13H,8-11,14H2,1H3. The number of hydrogen-bond donors (Lipinski definition) is 0. The molecular weight excluding hydrogens is 470 g/mol. The fourth-order valence-corrected chi connectivity index (χ4v) is 3.68. The molecule has 0 N–H and O–H groups in total. The van der Waals surface area contributed by atoms with Gasteiger partial charge in [-0.3, -0.25) is 4.79 Å². The third-order valence-electron chi connectivity index (χ3n) is 5.67. The number of piperazine rings is 1. The van der Waals surface area contributed by atoms with Crippen LogP contribution in [0.25, 0.3) is 5.82 Å². The zero-order chi connectivity index (χ0) is 25.2. The highest BCUT2D eigenvalue weighted by Crippen LogP contribution is 2.29. The third-order valence-corrected chi connectivity index (χ3v) is 5.67. The topological polar surface area (TPSA) is 80.6 Å². The van der Waals surface area contributed by atoms with Crippen LogP contribution in [0.2, 0.25) is 0 Å². The summed E-state index contributed by atoms with van der Waals surface area (Å²) in [7, 11) is 0. The fourth-order valence-electron chi connectivity index (χ4n) is 3.68. The van der Waals surface area contributed by atoms with Gasteiger partial charge in [-0.25, -0.2) is 18.9 Å². The monoisotopic (exact) mass is 491 g/mol. The van der Waals surface area contributed by atoms with Crippen molar-refractivity contribution >= 4 is 17.6 Å². The minimum atomic E-state index is -4.51. The summed E-state index contributed by atoms with van der Waals surface area (Å²) in [6.45, 7) is 3.03. The van der Waals surface area contributed by atoms with Crippen LogP contribution in [-0.4, -0.2) is 64.3 Å². The Hall–Kier alpha value is -3.96. The molecule has 0 radical (unpaired) electrons. The number of nitrogens with zero attached hydrogens (tertiary/aromatic N) is 5. The van der Waals surface area contributed by atoms with E-state index in [1.807, 2.05) is 4.90 Å². The lowest BCUT2D eigenvalue weighted by atomic mass is 10.2. The van der Waals surface area contributed by atoms with Crippen LogP contribution in [0.1, 0.15) is 21.6 Å². The quantitative estimate of drug-likeness (QED) is 0.403. The smallest absolute Gasteiger partial charge is 0.417 e. The van der Waals surface area contributed by atoms with Gasteiger partial charge in [-0.15, -0.1) is 0 Å². The van der Waals surface area contributed by atoms with Gasteiger partial charge in [0, 0.05) is 38.1 Å². The molecule has 8 nitrogen and oxygen atoms in total. The second-order valence-corrected chi connectivity index (χ2v) is 7.88. The van der Waals surface area contributed by atoms with E-state index in [1.54, 1.807) is 24.0 Å². The van der Waals surface area contributed by atoms with Gasteiger partial charge in [-0.05, 0) is 43.3 Å². The third kappa shape index (κ3) is 5.42. The summed E-state index contributed by atoms with van der Waals surface area (Å²) < 4.78 is 57.7. The van der Waals surface area contributed by atoms with Gasteiger partial charge in [0.25, 0.3) is 5.91 Å². The molecule has 1 aliphatic rings. The summed E-state index contributed by atoms with van der Waals surface area (Å²) in [4.78, 5) is 32.4. The molecule has 12 heteroatoms. The van der Waals surface area contributed by atoms with Gasteiger partial charge in [0.05, 0.1) is 17.5 Å². The Morgan fingerprint density at radius 3 is 2.29 bits per heavy atom. The fraction of sp³-hybridized carbons (Fsp3) is 0.304. The number of anilines is 1. The van der Waals surface area contributed by atoms with Crippen LogP contribution in [0.5, 0.6) is 0 Å². The molecule has 184 valence electrons. The number of esters is 1. The number of ether oxygens (including phenoxy) is 1. The second kappa shape index (κ2) is 9.72. The first-order chi connectivity index (χ1) is 16.6. The summed E-state index contributed by atoms with van der Waals surface area (Å²) >= 11 is 0. The Morgan fingerprint density at radius 1 is 1.00 bits per heavy atom. The van der Waals surface area contributed by atoms with Crippen LogP contribution >= 0.6 is 0 Å². The molecule has 0 spiro atoms. The Bertz CT molecular complexity index is 1200. The normalized spacial score (nSPS) is 14.2. The predicted octanol–water partition coefficient (Wildman–Crippen LogP) is 3.24. The first kappa shape index (κ1) is 24.2. The van der Waals surface area contributed by atoms with Crippen LogP contribution in [0, 0.1) is 12.7 Å². The molecule has 1 saturated heterocycles. The number of carbonyl (C=O) groups excluding carboxylic acids is 2. The van der Waals surface area contributed by atoms with Crippen molar-refractivity contribution < 1.29 is 31.9 Å². The van der Waals surface area contributed by atoms with E-state index in [0.29, 0.717) is 38.1 Å². The van der Waals surface area contributed by atoms with Crippen molar-refractivity contribution in [2.45, 2.75) is 13.1 Å². The summed E-state index contributed by atoms with van der Waals surface area (Å²) in [6, 6.07) is 8.13. The van der Waals surface area contributed by atoms with E-state index in [4.69, 9.17) is 4.74 Å². The number of alkyl halides is 3. The number of halogens is 4. The molecule has 1 aliphatic heterocycles. The molecule has 1 fully saturated rings. The molecule has 1 aromatic carbocycles. The first-order valence-electron chi connectivity index (χ1n) is 10.7. The maximum atomic E-state index is 13.1. The number of hydrogen-bond acceptors (Lipinski definition) is 6. The first-order valence-corrected chi connectivity index (χ1v) is 10.7. The Kier molecular flexibility index (Phi) is 6.72. The lowest BCUT2D eigenvalue weighted by Crippen LogP contribution is -2.49. The molecule has 35 heavy (non-hydrogen) atoms. The second-order valence-electron chi connectivity index (χ2n) is 7.88. The molecule has 0 saturated carbocycles. The Labute approximate surface area is 197 Å². The maximum absolute atomic E-state index is 13.1. The minimum Gasteiger partial charge on any atom is -0.452 e. The van der Waals surface area contributed by atoms with Crippen molar-refractivity contribution in [2.75, 3.05) is 37.7 Å². The van der Waals surface area contributed by atoms with Gasteiger partial charge >= 0.3 is 12.1 Å². The summed E-state index contributed by atoms with van der Waals surface area (Å²) in [5.74, 6) is -1.35. The zero-order valence-electron chi connectivity index (χ0n) is 18.6. The number of rotatable bonds is 5. The van der Waals surface area contributed by atoms with Crippen molar-refractivity contribution in [2.24, 2.45) is 0 Å². The molecule has 2 aromatic heterocycles. The summed E-state index contributed by atoms with van der Waals surface area (Å²) in [5.41, 5.74) is 0.339. The molecule has 0 unspecified atom stereocenters. The van der Waals surface area contributed by atoms with Gasteiger partial charge in [0.1, 0.15) is 11.4 Å². The van der Waals surface area contributed by atoms with E-state index in [1.165, 1.54) is 23.0 Å². The maximum Gasteiger partial charge on any atom is 0.417 e. The predicted molar refractivity (Wildman–Crippen MR) is 117 cm³/mol. The highest BCUT2D eigenvalue weighted by molar-refractivity contribution is 5.92. The van der Waals surface area contributed by atoms with E-state index in [2.05, 4.69) is 10.1 Å². The van der Waals surface area contributed by atoms with E-state index in [9.17, 15) is 27.2 Å². The molecule has 3 aromatic rings. The van der Waals surface area contributed by atoms with Crippen molar-refractivity contribution in [3.63, 3.8) is 0 Å². The van der Waals surface area contributed by atoms with E-state index >= 15 is 0 Å². The lowest BCUT2D eigenvalue weighted by Gasteiger charge is -2.36. The van der Waals surface area contributed by atoms with Crippen molar-refractivity contribution in [3.05, 3.63) is 71.4 Å². The van der Waals surface area contributed by atoms with Gasteiger partial charge in [0.2, 0.25) is 0 Å². The average molecular weight is 491 g/mol. The minimum absolute atomic E-state index is 0.0700. The lowest BCUT2D eigenvalue weighted by molar-refractivity contribution is -0.138. The molecule has 0 atom stereocenters. The summed E-state index contributed by atoms with van der Waals surface area (Å²) in [6.07, 6.45) is -2.62. The van der Waals surface area contributed by atoms with Gasteiger partial charge in [0.15, 0.2) is 12.4 Å². The van der Waals surface area contributed by atoms with Crippen LogP contribution < -0.4 is 4.90 Å². The molecule has 0 bridgehead atoms. The van der Waals surface area contributed by atoms with Crippen LogP contribution in [0.3, 0.4) is 0 Å². The SMILES string of the molecule is Cc1c(C(=O)OCC(=O)N2CCN(c3ccc(F)cc3)CC2)cnn1-c1ccc(C(F)(F)F)cn1. The van der Waals surface area contributed by atoms with E-state index in [-0.39, 0.29) is 23.1 Å². The van der Waals surface area contributed by atoms with Crippen LogP contribution in [0.4, 0.5) is 23.2 Å². The molecule has 1 amide bonds. The van der Waals surface area contributed by atoms with Gasteiger partial charge in [-0.2, -0.15) is 18.3 Å². The van der Waals surface area contributed by atoms with Gasteiger partial charge < -0.3 is 14.5 Å². The number of benzene rings is 1. The van der Waals surface area contributed by atoms with Crippen molar-refractivity contribution in [1.29, 1.82) is 0 Å². The molecule has 4 rings (SSSR count). The number of pyridine rings is 1. The van der Waals surface area contributed by atoms with Gasteiger partial charge in [-0.1, -0.05) is 0 Å². The Morgan fingerprint density at radius 2 is 1.69 bits per heavy atom. The largest absolute Gasteiger partial charge is 0.452 e. The zero-order valence-corrected chi connectivity index (χ0v) is 18.6. The highest BCUT2D eigenvalue weighted by Gasteiger charge is 2.31. The number of amides is 1.